The minimum Gasteiger partial charge on any atom is -0.393 e. The van der Waals surface area contributed by atoms with Gasteiger partial charge in [-0.15, -0.1) is 0 Å². The Kier molecular flexibility index (Phi) is 5.02. The smallest absolute Gasteiger partial charge is 0.0594 e. The second-order valence-electron chi connectivity index (χ2n) is 14.8. The van der Waals surface area contributed by atoms with Crippen LogP contribution >= 0.6 is 0 Å². The van der Waals surface area contributed by atoms with Gasteiger partial charge in [-0.1, -0.05) is 39.8 Å². The molecule has 2 spiro atoms. The van der Waals surface area contributed by atoms with Gasteiger partial charge in [0.15, 0.2) is 0 Å². The molecule has 5 rings (SSSR count). The summed E-state index contributed by atoms with van der Waals surface area (Å²) in [5, 5.41) is 21.0. The highest BCUT2D eigenvalue weighted by Crippen LogP contribution is 2.89. The van der Waals surface area contributed by atoms with Gasteiger partial charge in [0.2, 0.25) is 0 Å². The molecule has 2 heteroatoms. The third-order valence-corrected chi connectivity index (χ3v) is 12.9. The molecule has 0 heterocycles. The maximum Gasteiger partial charge on any atom is 0.0594 e. The normalized spacial score (nSPS) is 51.2. The molecular formula is C30H50O2. The lowest BCUT2D eigenvalue weighted by atomic mass is 9.42. The molecule has 2 N–H and O–H groups in total. The van der Waals surface area contributed by atoms with E-state index in [1.807, 2.05) is 13.8 Å². The van der Waals surface area contributed by atoms with E-state index in [9.17, 15) is 10.2 Å². The molecular weight excluding hydrogens is 392 g/mol. The summed E-state index contributed by atoms with van der Waals surface area (Å²) in [6.07, 6.45) is 14.8. The van der Waals surface area contributed by atoms with Crippen LogP contribution in [0.4, 0.5) is 0 Å². The van der Waals surface area contributed by atoms with Crippen LogP contribution < -0.4 is 0 Å². The maximum absolute atomic E-state index is 10.8. The standard InChI is InChI=1S/C30H50O2/c1-20(9-8-14-25(2,3)32)21-12-15-28(7)23-11-10-22-26(4,5)24(31)13-16-29(22)19-30(23,29)18-17-27(21,28)6/h21-24,31-32H,1,8-19H2,2-7H3/t21-,22+,23+,24+,27-,28+,29-,30+/m1/s1. The number of rotatable bonds is 5. The van der Waals surface area contributed by atoms with Crippen molar-refractivity contribution in [1.82, 2.24) is 0 Å². The van der Waals surface area contributed by atoms with Crippen molar-refractivity contribution in [2.75, 3.05) is 0 Å². The van der Waals surface area contributed by atoms with Gasteiger partial charge >= 0.3 is 0 Å². The fraction of sp³-hybridized carbons (Fsp3) is 0.933. The molecule has 8 atom stereocenters. The van der Waals surface area contributed by atoms with Crippen LogP contribution in [0.2, 0.25) is 0 Å². The Morgan fingerprint density at radius 3 is 2.22 bits per heavy atom. The second kappa shape index (κ2) is 6.87. The van der Waals surface area contributed by atoms with E-state index in [-0.39, 0.29) is 11.5 Å². The van der Waals surface area contributed by atoms with Crippen molar-refractivity contribution in [2.45, 2.75) is 130 Å². The van der Waals surface area contributed by atoms with Crippen LogP contribution in [0.1, 0.15) is 119 Å². The summed E-state index contributed by atoms with van der Waals surface area (Å²) in [7, 11) is 0. The van der Waals surface area contributed by atoms with Crippen molar-refractivity contribution in [3.63, 3.8) is 0 Å². The Morgan fingerprint density at radius 2 is 1.53 bits per heavy atom. The maximum atomic E-state index is 10.8. The quantitative estimate of drug-likeness (QED) is 0.439. The van der Waals surface area contributed by atoms with Gasteiger partial charge in [0, 0.05) is 0 Å². The molecule has 2 nitrogen and oxygen atoms in total. The Hall–Kier alpha value is -0.340. The van der Waals surface area contributed by atoms with Crippen molar-refractivity contribution in [2.24, 2.45) is 44.8 Å². The Balaban J connectivity index is 1.38. The predicted octanol–water partition coefficient (Wildman–Crippen LogP) is 7.28. The zero-order chi connectivity index (χ0) is 23.4. The highest BCUT2D eigenvalue weighted by atomic mass is 16.3. The van der Waals surface area contributed by atoms with Crippen LogP contribution in [0.5, 0.6) is 0 Å². The van der Waals surface area contributed by atoms with E-state index in [0.29, 0.717) is 27.6 Å². The third-order valence-electron chi connectivity index (χ3n) is 12.9. The molecule has 0 saturated heterocycles. The van der Waals surface area contributed by atoms with E-state index < -0.39 is 5.60 Å². The van der Waals surface area contributed by atoms with Crippen molar-refractivity contribution in [3.8, 4) is 0 Å². The first-order valence-corrected chi connectivity index (χ1v) is 13.8. The number of fused-ring (bicyclic) bond motifs is 2. The second-order valence-corrected chi connectivity index (χ2v) is 14.8. The van der Waals surface area contributed by atoms with Crippen LogP contribution in [0.15, 0.2) is 12.2 Å². The van der Waals surface area contributed by atoms with Gasteiger partial charge in [0.05, 0.1) is 11.7 Å². The van der Waals surface area contributed by atoms with Gasteiger partial charge in [-0.25, -0.2) is 0 Å². The van der Waals surface area contributed by atoms with E-state index in [1.165, 1.54) is 56.9 Å². The molecule has 0 bridgehead atoms. The minimum absolute atomic E-state index is 0.0847. The SMILES string of the molecule is C=C(CCCC(C)(C)O)[C@H]1CC[C@@]2(C)[C@@H]3CC[C@H]4C(C)(C)[C@@H](O)CC[C@@]45C[C@@]35CC[C@]12C. The van der Waals surface area contributed by atoms with Gasteiger partial charge in [0.25, 0.3) is 0 Å². The summed E-state index contributed by atoms with van der Waals surface area (Å²) in [5.41, 5.74) is 2.91. The molecule has 0 aliphatic heterocycles. The van der Waals surface area contributed by atoms with E-state index in [0.717, 1.165) is 37.5 Å². The largest absolute Gasteiger partial charge is 0.393 e. The molecule has 0 aromatic carbocycles. The molecule has 0 amide bonds. The molecule has 5 saturated carbocycles. The molecule has 0 aromatic heterocycles. The third kappa shape index (κ3) is 2.84. The summed E-state index contributed by atoms with van der Waals surface area (Å²) in [6.45, 7) is 18.5. The van der Waals surface area contributed by atoms with Gasteiger partial charge < -0.3 is 10.2 Å². The zero-order valence-corrected chi connectivity index (χ0v) is 21.9. The summed E-state index contributed by atoms with van der Waals surface area (Å²) in [4.78, 5) is 0. The first kappa shape index (κ1) is 23.4. The lowest BCUT2D eigenvalue weighted by molar-refractivity contribution is -0.157. The van der Waals surface area contributed by atoms with Crippen LogP contribution in [-0.2, 0) is 0 Å². The van der Waals surface area contributed by atoms with Crippen LogP contribution in [0, 0.1) is 44.8 Å². The van der Waals surface area contributed by atoms with Crippen molar-refractivity contribution in [1.29, 1.82) is 0 Å². The summed E-state index contributed by atoms with van der Waals surface area (Å²) in [6, 6.07) is 0. The lowest BCUT2D eigenvalue weighted by Crippen LogP contribution is -2.57. The minimum atomic E-state index is -0.564. The van der Waals surface area contributed by atoms with Crippen LogP contribution in [0.25, 0.3) is 0 Å². The fourth-order valence-electron chi connectivity index (χ4n) is 10.9. The average Bonchev–Trinajstić information content (AvgIpc) is 3.27. The molecule has 5 aliphatic rings. The topological polar surface area (TPSA) is 40.5 Å². The molecule has 5 fully saturated rings. The highest BCUT2D eigenvalue weighted by molar-refractivity contribution is 5.31. The van der Waals surface area contributed by atoms with Gasteiger partial charge in [0.1, 0.15) is 0 Å². The van der Waals surface area contributed by atoms with Crippen molar-refractivity contribution in [3.05, 3.63) is 12.2 Å². The van der Waals surface area contributed by atoms with E-state index >= 15 is 0 Å². The molecule has 5 aliphatic carbocycles. The monoisotopic (exact) mass is 442 g/mol. The molecule has 182 valence electrons. The predicted molar refractivity (Wildman–Crippen MR) is 132 cm³/mol. The molecule has 32 heavy (non-hydrogen) atoms. The lowest BCUT2D eigenvalue weighted by Gasteiger charge is -2.63. The zero-order valence-electron chi connectivity index (χ0n) is 21.9. The number of aliphatic hydroxyl groups is 2. The first-order chi connectivity index (χ1) is 14.7. The van der Waals surface area contributed by atoms with E-state index in [1.54, 1.807) is 0 Å². The van der Waals surface area contributed by atoms with Gasteiger partial charge in [-0.3, -0.25) is 0 Å². The van der Waals surface area contributed by atoms with Gasteiger partial charge in [-0.05, 0) is 136 Å². The van der Waals surface area contributed by atoms with Crippen LogP contribution in [0.3, 0.4) is 0 Å². The number of hydrogen-bond acceptors (Lipinski definition) is 2. The fourth-order valence-corrected chi connectivity index (χ4v) is 10.9. The van der Waals surface area contributed by atoms with E-state index in [2.05, 4.69) is 34.3 Å². The number of aliphatic hydroxyl groups excluding tert-OH is 1. The molecule has 0 radical (unpaired) electrons. The molecule has 0 aromatic rings. The van der Waals surface area contributed by atoms with Crippen molar-refractivity contribution >= 4 is 0 Å². The summed E-state index contributed by atoms with van der Waals surface area (Å²) in [5.74, 6) is 2.24. The van der Waals surface area contributed by atoms with E-state index in [4.69, 9.17) is 0 Å². The summed E-state index contributed by atoms with van der Waals surface area (Å²) >= 11 is 0. The summed E-state index contributed by atoms with van der Waals surface area (Å²) < 4.78 is 0. The Bertz CT molecular complexity index is 791. The Morgan fingerprint density at radius 1 is 0.875 bits per heavy atom. The Labute approximate surface area is 197 Å². The van der Waals surface area contributed by atoms with Crippen LogP contribution in [-0.4, -0.2) is 21.9 Å². The first-order valence-electron chi connectivity index (χ1n) is 13.8. The number of hydrogen-bond donors (Lipinski definition) is 2. The highest BCUT2D eigenvalue weighted by Gasteiger charge is 2.82. The van der Waals surface area contributed by atoms with Crippen molar-refractivity contribution < 1.29 is 10.2 Å². The number of allylic oxidation sites excluding steroid dienone is 1. The average molecular weight is 443 g/mol. The van der Waals surface area contributed by atoms with Gasteiger partial charge in [-0.2, -0.15) is 0 Å². The molecule has 0 unspecified atom stereocenters.